The summed E-state index contributed by atoms with van der Waals surface area (Å²) < 4.78 is 216. The molecule has 20 heteroatoms. The minimum atomic E-state index is -8.59. The lowest BCUT2D eigenvalue weighted by molar-refractivity contribution is -0.443. The van der Waals surface area contributed by atoms with Crippen LogP contribution >= 0.6 is 11.3 Å². The van der Waals surface area contributed by atoms with Crippen LogP contribution < -0.4 is 5.32 Å². The van der Waals surface area contributed by atoms with Crippen molar-refractivity contribution in [3.63, 3.8) is 0 Å². The van der Waals surface area contributed by atoms with E-state index in [4.69, 9.17) is 0 Å². The monoisotopic (exact) mass is 634 g/mol. The number of rotatable bonds is 9. The molecule has 1 aromatic heterocycles. The minimum Gasteiger partial charge on any atom is -0.311 e. The first kappa shape index (κ1) is 33.7. The van der Waals surface area contributed by atoms with Crippen LogP contribution in [0.2, 0.25) is 0 Å². The van der Waals surface area contributed by atoms with Gasteiger partial charge < -0.3 is 5.32 Å². The van der Waals surface area contributed by atoms with Crippen LogP contribution in [0.5, 0.6) is 0 Å². The summed E-state index contributed by atoms with van der Waals surface area (Å²) in [5, 5.41) is 9.27. The van der Waals surface area contributed by atoms with Crippen LogP contribution in [0.25, 0.3) is 0 Å². The molecule has 1 heterocycles. The lowest BCUT2D eigenvalue weighted by Crippen LogP contribution is -2.74. The van der Waals surface area contributed by atoms with Gasteiger partial charge >= 0.3 is 53.8 Å². The van der Waals surface area contributed by atoms with Crippen molar-refractivity contribution in [3.8, 4) is 6.07 Å². The molecule has 0 saturated heterocycles. The Kier molecular flexibility index (Phi) is 8.79. The minimum absolute atomic E-state index is 0.119. The van der Waals surface area contributed by atoms with Crippen molar-refractivity contribution in [2.24, 2.45) is 0 Å². The van der Waals surface area contributed by atoms with Gasteiger partial charge in [-0.1, -0.05) is 12.8 Å². The number of carbonyl (C=O) groups excluding carboxylic acids is 1. The first-order valence-electron chi connectivity index (χ1n) is 10.7. The van der Waals surface area contributed by atoms with E-state index in [0.29, 0.717) is 37.0 Å². The lowest BCUT2D eigenvalue weighted by Gasteiger charge is -2.42. The van der Waals surface area contributed by atoms with E-state index in [2.05, 4.69) is 0 Å². The summed E-state index contributed by atoms with van der Waals surface area (Å²) in [6.45, 7) is 0. The number of anilines is 1. The molecule has 0 aliphatic heterocycles. The Morgan fingerprint density at radius 2 is 1.18 bits per heavy atom. The molecule has 1 aliphatic rings. The number of hydrogen-bond donors (Lipinski definition) is 1. The molecule has 0 aromatic carbocycles. The molecule has 3 nitrogen and oxygen atoms in total. The van der Waals surface area contributed by atoms with Crippen molar-refractivity contribution in [1.82, 2.24) is 0 Å². The van der Waals surface area contributed by atoms with Gasteiger partial charge in [-0.25, -0.2) is 8.78 Å². The quantitative estimate of drug-likeness (QED) is 0.281. The molecule has 2 rings (SSSR count). The Morgan fingerprint density at radius 1 is 0.725 bits per heavy atom. The molecule has 1 N–H and O–H groups in total. The van der Waals surface area contributed by atoms with E-state index in [1.54, 1.807) is 0 Å². The highest BCUT2D eigenvalue weighted by molar-refractivity contribution is 7.16. The first-order valence-corrected chi connectivity index (χ1v) is 11.5. The Hall–Kier alpha value is -2.46. The van der Waals surface area contributed by atoms with Crippen molar-refractivity contribution in [1.29, 1.82) is 5.26 Å². The number of carbonyl (C=O) groups is 1. The number of nitrogens with one attached hydrogen (secondary N) is 1. The molecule has 40 heavy (non-hydrogen) atoms. The number of fused-ring (bicyclic) bond motifs is 1. The third kappa shape index (κ3) is 4.74. The zero-order valence-corrected chi connectivity index (χ0v) is 19.9. The van der Waals surface area contributed by atoms with Crippen LogP contribution in [0.3, 0.4) is 0 Å². The van der Waals surface area contributed by atoms with Crippen LogP contribution in [-0.2, 0) is 17.6 Å². The summed E-state index contributed by atoms with van der Waals surface area (Å²) in [6.07, 6.45) is -3.41. The average molecular weight is 634 g/mol. The predicted octanol–water partition coefficient (Wildman–Crippen LogP) is 7.93. The number of alkyl halides is 16. The van der Waals surface area contributed by atoms with Crippen molar-refractivity contribution < 1.29 is 75.0 Å². The highest BCUT2D eigenvalue weighted by atomic mass is 32.1. The highest BCUT2D eigenvalue weighted by Gasteiger charge is 2.94. The number of amides is 1. The fourth-order valence-corrected chi connectivity index (χ4v) is 4.82. The Labute approximate surface area is 217 Å². The smallest absolute Gasteiger partial charge is 0.311 e. The van der Waals surface area contributed by atoms with Crippen molar-refractivity contribution >= 4 is 22.2 Å². The summed E-state index contributed by atoms with van der Waals surface area (Å²) in [6, 6.07) is 1.44. The van der Waals surface area contributed by atoms with E-state index in [1.807, 2.05) is 0 Å². The topological polar surface area (TPSA) is 52.9 Å². The van der Waals surface area contributed by atoms with Crippen LogP contribution in [0.15, 0.2) is 0 Å². The molecule has 0 atom stereocenters. The maximum Gasteiger partial charge on any atom is 0.393 e. The summed E-state index contributed by atoms with van der Waals surface area (Å²) in [4.78, 5) is 12.2. The maximum absolute atomic E-state index is 14.2. The summed E-state index contributed by atoms with van der Waals surface area (Å²) in [7, 11) is 0. The molecule has 0 saturated carbocycles. The molecule has 1 amide bonds. The summed E-state index contributed by atoms with van der Waals surface area (Å²) >= 11 is 0.348. The van der Waals surface area contributed by atoms with E-state index in [0.717, 1.165) is 5.32 Å². The number of halogens is 16. The molecule has 1 aromatic rings. The van der Waals surface area contributed by atoms with Gasteiger partial charge in [-0.2, -0.15) is 66.7 Å². The fraction of sp³-hybridized carbons (Fsp3) is 0.700. The predicted molar refractivity (Wildman–Crippen MR) is 104 cm³/mol. The van der Waals surface area contributed by atoms with Gasteiger partial charge in [-0.3, -0.25) is 4.79 Å². The van der Waals surface area contributed by atoms with Gasteiger partial charge in [-0.15, -0.1) is 11.3 Å². The molecule has 1 aliphatic carbocycles. The summed E-state index contributed by atoms with van der Waals surface area (Å²) in [5.41, 5.74) is -0.428. The molecule has 0 unspecified atom stereocenters. The van der Waals surface area contributed by atoms with Crippen LogP contribution in [0, 0.1) is 11.3 Å². The second-order valence-corrected chi connectivity index (χ2v) is 9.66. The highest BCUT2D eigenvalue weighted by Crippen LogP contribution is 2.62. The average Bonchev–Trinajstić information content (AvgIpc) is 3.12. The lowest BCUT2D eigenvalue weighted by atomic mass is 9.89. The van der Waals surface area contributed by atoms with Gasteiger partial charge in [0.1, 0.15) is 11.1 Å². The summed E-state index contributed by atoms with van der Waals surface area (Å²) in [5.74, 6) is -60.1. The second kappa shape index (κ2) is 10.4. The van der Waals surface area contributed by atoms with Gasteiger partial charge in [0.2, 0.25) is 0 Å². The van der Waals surface area contributed by atoms with Gasteiger partial charge in [0, 0.05) is 4.88 Å². The molecule has 228 valence electrons. The Bertz CT molecular complexity index is 1150. The Morgan fingerprint density at radius 3 is 1.65 bits per heavy atom. The van der Waals surface area contributed by atoms with Gasteiger partial charge in [0.15, 0.2) is 0 Å². The normalized spacial score (nSPS) is 16.7. The van der Waals surface area contributed by atoms with Crippen LogP contribution in [0.1, 0.15) is 41.7 Å². The standard InChI is InChI=1S/C20H14F16N2OS/c21-12(22)14(23,24)16(27,28)18(31,32)20(35,36)19(33,34)17(29,30)15(25,26)13(39)38-11-9(7-37)8-5-3-1-2-4-6-10(8)40-11/h12H,1-6H2,(H,38,39). The first-order chi connectivity index (χ1) is 17.9. The van der Waals surface area contributed by atoms with Crippen LogP contribution in [-0.4, -0.2) is 53.8 Å². The van der Waals surface area contributed by atoms with E-state index < -0.39 is 64.4 Å². The number of nitrogens with zero attached hydrogens (tertiary/aromatic N) is 1. The fourth-order valence-electron chi connectivity index (χ4n) is 3.59. The molecule has 0 fully saturated rings. The molecule has 0 spiro atoms. The number of aryl methyl sites for hydroxylation is 1. The van der Waals surface area contributed by atoms with E-state index in [-0.39, 0.29) is 23.3 Å². The maximum atomic E-state index is 14.2. The van der Waals surface area contributed by atoms with E-state index in [9.17, 15) is 80.3 Å². The molecular weight excluding hydrogens is 620 g/mol. The van der Waals surface area contributed by atoms with Gasteiger partial charge in [-0.05, 0) is 31.2 Å². The third-order valence-electron chi connectivity index (χ3n) is 5.96. The van der Waals surface area contributed by atoms with Gasteiger partial charge in [0.05, 0.1) is 5.56 Å². The zero-order valence-electron chi connectivity index (χ0n) is 19.1. The molecule has 0 bridgehead atoms. The number of thiophene rings is 1. The number of nitriles is 1. The largest absolute Gasteiger partial charge is 0.393 e. The molecular formula is C20H14F16N2OS. The van der Waals surface area contributed by atoms with E-state index >= 15 is 0 Å². The Balaban J connectivity index is 2.53. The van der Waals surface area contributed by atoms with Crippen LogP contribution in [0.4, 0.5) is 75.2 Å². The van der Waals surface area contributed by atoms with E-state index in [1.165, 1.54) is 6.07 Å². The SMILES string of the molecule is N#Cc1c(NC(=O)C(F)(F)C(F)(F)C(F)(F)C(F)(F)C(F)(F)C(F)(F)C(F)(F)C(F)F)sc2c1CCCCCC2. The van der Waals surface area contributed by atoms with Crippen molar-refractivity contribution in [3.05, 3.63) is 16.0 Å². The molecule has 0 radical (unpaired) electrons. The second-order valence-electron chi connectivity index (χ2n) is 8.56. The van der Waals surface area contributed by atoms with Gasteiger partial charge in [0.25, 0.3) is 0 Å². The number of hydrogen-bond acceptors (Lipinski definition) is 3. The van der Waals surface area contributed by atoms with Crippen molar-refractivity contribution in [2.75, 3.05) is 5.32 Å². The zero-order chi connectivity index (χ0) is 31.3. The van der Waals surface area contributed by atoms with Crippen molar-refractivity contribution in [2.45, 2.75) is 86.4 Å². The third-order valence-corrected chi connectivity index (χ3v) is 7.17.